The molecule has 4 nitrogen and oxygen atoms in total. The molecule has 0 saturated heterocycles. The summed E-state index contributed by atoms with van der Waals surface area (Å²) in [5.74, 6) is -0.370. The van der Waals surface area contributed by atoms with Gasteiger partial charge in [0.25, 0.3) is 0 Å². The number of carbonyl (C=O) groups is 1. The van der Waals surface area contributed by atoms with Crippen LogP contribution in [0.5, 0.6) is 5.06 Å². The lowest BCUT2D eigenvalue weighted by molar-refractivity contribution is -0.131. The summed E-state index contributed by atoms with van der Waals surface area (Å²) in [6.45, 7) is 3.29. The Hall–Kier alpha value is -1.62. The molecule has 2 N–H and O–H groups in total. The van der Waals surface area contributed by atoms with E-state index in [0.29, 0.717) is 10.8 Å². The third-order valence-electron chi connectivity index (χ3n) is 1.92. The summed E-state index contributed by atoms with van der Waals surface area (Å²) in [7, 11) is 0. The summed E-state index contributed by atoms with van der Waals surface area (Å²) in [5.41, 5.74) is 7.37. The number of hydrogen-bond acceptors (Lipinski definition) is 5. The molecule has 0 aliphatic heterocycles. The number of hydrogen-bond donors (Lipinski definition) is 1. The first kappa shape index (κ1) is 9.92. The van der Waals surface area contributed by atoms with E-state index in [9.17, 15) is 4.79 Å². The number of ether oxygens (including phenoxy) is 1. The van der Waals surface area contributed by atoms with Gasteiger partial charge < -0.3 is 10.5 Å². The Labute approximate surface area is 90.7 Å². The van der Waals surface area contributed by atoms with E-state index in [2.05, 4.69) is 4.98 Å². The number of aromatic nitrogens is 1. The van der Waals surface area contributed by atoms with E-state index in [0.717, 1.165) is 15.8 Å². The van der Waals surface area contributed by atoms with Crippen LogP contribution in [0.3, 0.4) is 0 Å². The molecule has 0 aliphatic rings. The summed E-state index contributed by atoms with van der Waals surface area (Å²) in [5, 5.41) is 1.27. The number of carbonyl (C=O) groups excluding carboxylic acids is 1. The van der Waals surface area contributed by atoms with Crippen molar-refractivity contribution in [2.75, 3.05) is 5.73 Å². The molecule has 0 spiro atoms. The zero-order valence-electron chi connectivity index (χ0n) is 8.40. The second-order valence-corrected chi connectivity index (χ2v) is 4.22. The van der Waals surface area contributed by atoms with Gasteiger partial charge in [-0.25, -0.2) is 4.98 Å². The number of pyridine rings is 1. The summed E-state index contributed by atoms with van der Waals surface area (Å²) in [6.07, 6.45) is 1.76. The fourth-order valence-corrected chi connectivity index (χ4v) is 2.23. The molecule has 0 aliphatic carbocycles. The molecule has 2 aromatic rings. The zero-order chi connectivity index (χ0) is 11.0. The van der Waals surface area contributed by atoms with Gasteiger partial charge in [0, 0.05) is 18.5 Å². The molecule has 2 heterocycles. The topological polar surface area (TPSA) is 65.2 Å². The maximum atomic E-state index is 10.8. The second kappa shape index (κ2) is 3.51. The van der Waals surface area contributed by atoms with Crippen LogP contribution in [0.1, 0.15) is 12.5 Å². The Morgan fingerprint density at radius 2 is 2.33 bits per heavy atom. The van der Waals surface area contributed by atoms with E-state index in [1.165, 1.54) is 18.3 Å². The zero-order valence-corrected chi connectivity index (χ0v) is 9.22. The van der Waals surface area contributed by atoms with E-state index in [4.69, 9.17) is 10.5 Å². The molecular weight excluding hydrogens is 212 g/mol. The first-order valence-electron chi connectivity index (χ1n) is 4.41. The number of aryl methyl sites for hydroxylation is 1. The van der Waals surface area contributed by atoms with Gasteiger partial charge in [0.2, 0.25) is 5.06 Å². The van der Waals surface area contributed by atoms with Crippen molar-refractivity contribution in [3.05, 3.63) is 17.8 Å². The molecule has 15 heavy (non-hydrogen) atoms. The van der Waals surface area contributed by atoms with Crippen molar-refractivity contribution < 1.29 is 9.53 Å². The molecule has 2 aromatic heterocycles. The SMILES string of the molecule is CC(=O)Oc1sc2ncc(C)cc2c1N. The molecule has 0 saturated carbocycles. The monoisotopic (exact) mass is 222 g/mol. The summed E-state index contributed by atoms with van der Waals surface area (Å²) < 4.78 is 4.98. The fourth-order valence-electron chi connectivity index (χ4n) is 1.29. The Balaban J connectivity index is 2.59. The number of rotatable bonds is 1. The molecule has 0 amide bonds. The van der Waals surface area contributed by atoms with Crippen molar-refractivity contribution in [3.8, 4) is 5.06 Å². The van der Waals surface area contributed by atoms with Crippen LogP contribution in [-0.4, -0.2) is 11.0 Å². The van der Waals surface area contributed by atoms with Crippen LogP contribution in [0.15, 0.2) is 12.3 Å². The molecule has 0 bridgehead atoms. The van der Waals surface area contributed by atoms with Crippen LogP contribution in [0.25, 0.3) is 10.2 Å². The standard InChI is InChI=1S/C10H10N2O2S/c1-5-3-7-8(11)10(14-6(2)13)15-9(7)12-4-5/h3-4H,11H2,1-2H3. The van der Waals surface area contributed by atoms with Crippen LogP contribution < -0.4 is 10.5 Å². The first-order chi connectivity index (χ1) is 7.08. The smallest absolute Gasteiger partial charge is 0.308 e. The Kier molecular flexibility index (Phi) is 2.32. The largest absolute Gasteiger partial charge is 0.413 e. The number of nitrogen functional groups attached to an aromatic ring is 1. The molecule has 0 fully saturated rings. The average molecular weight is 222 g/mol. The van der Waals surface area contributed by atoms with Gasteiger partial charge >= 0.3 is 5.97 Å². The van der Waals surface area contributed by atoms with Crippen molar-refractivity contribution in [2.24, 2.45) is 0 Å². The van der Waals surface area contributed by atoms with Gasteiger partial charge in [-0.3, -0.25) is 4.79 Å². The number of fused-ring (bicyclic) bond motifs is 1. The summed E-state index contributed by atoms with van der Waals surface area (Å²) in [4.78, 5) is 15.8. The quantitative estimate of drug-likeness (QED) is 0.750. The summed E-state index contributed by atoms with van der Waals surface area (Å²) >= 11 is 1.28. The maximum absolute atomic E-state index is 10.8. The molecule has 78 valence electrons. The molecule has 0 radical (unpaired) electrons. The maximum Gasteiger partial charge on any atom is 0.308 e. The van der Waals surface area contributed by atoms with Crippen molar-refractivity contribution in [3.63, 3.8) is 0 Å². The van der Waals surface area contributed by atoms with Gasteiger partial charge in [-0.15, -0.1) is 0 Å². The highest BCUT2D eigenvalue weighted by molar-refractivity contribution is 7.21. The lowest BCUT2D eigenvalue weighted by Gasteiger charge is -1.97. The fraction of sp³-hybridized carbons (Fsp3) is 0.200. The van der Waals surface area contributed by atoms with Gasteiger partial charge in [0.05, 0.1) is 5.69 Å². The van der Waals surface area contributed by atoms with Crippen LogP contribution in [0.4, 0.5) is 5.69 Å². The van der Waals surface area contributed by atoms with Gasteiger partial charge in [-0.05, 0) is 18.6 Å². The van der Waals surface area contributed by atoms with E-state index >= 15 is 0 Å². The molecular formula is C10H10N2O2S. The van der Waals surface area contributed by atoms with Crippen LogP contribution in [0, 0.1) is 6.92 Å². The second-order valence-electron chi connectivity index (χ2n) is 3.26. The van der Waals surface area contributed by atoms with Gasteiger partial charge in [0.1, 0.15) is 4.83 Å². The van der Waals surface area contributed by atoms with Gasteiger partial charge in [-0.2, -0.15) is 0 Å². The molecule has 2 rings (SSSR count). The van der Waals surface area contributed by atoms with E-state index in [1.807, 2.05) is 13.0 Å². The number of esters is 1. The predicted molar refractivity (Wildman–Crippen MR) is 60.1 cm³/mol. The Morgan fingerprint density at radius 1 is 1.60 bits per heavy atom. The lowest BCUT2D eigenvalue weighted by Crippen LogP contribution is -2.01. The van der Waals surface area contributed by atoms with E-state index < -0.39 is 0 Å². The number of anilines is 1. The van der Waals surface area contributed by atoms with Crippen LogP contribution >= 0.6 is 11.3 Å². The molecule has 0 atom stereocenters. The minimum atomic E-state index is -0.370. The normalized spacial score (nSPS) is 10.5. The molecule has 0 aromatic carbocycles. The average Bonchev–Trinajstić information content (AvgIpc) is 2.44. The van der Waals surface area contributed by atoms with Crippen molar-refractivity contribution in [1.82, 2.24) is 4.98 Å². The molecule has 0 unspecified atom stereocenters. The van der Waals surface area contributed by atoms with Gasteiger partial charge in [-0.1, -0.05) is 11.3 Å². The highest BCUT2D eigenvalue weighted by atomic mass is 32.1. The third-order valence-corrected chi connectivity index (χ3v) is 2.93. The van der Waals surface area contributed by atoms with Crippen LogP contribution in [-0.2, 0) is 4.79 Å². The van der Waals surface area contributed by atoms with Crippen molar-refractivity contribution in [1.29, 1.82) is 0 Å². The summed E-state index contributed by atoms with van der Waals surface area (Å²) in [6, 6.07) is 1.93. The number of nitrogens with two attached hydrogens (primary N) is 1. The number of nitrogens with zero attached hydrogens (tertiary/aromatic N) is 1. The van der Waals surface area contributed by atoms with Crippen molar-refractivity contribution >= 4 is 33.2 Å². The minimum Gasteiger partial charge on any atom is -0.413 e. The Bertz CT molecular complexity index is 533. The third kappa shape index (κ3) is 1.78. The Morgan fingerprint density at radius 3 is 3.00 bits per heavy atom. The highest BCUT2D eigenvalue weighted by Crippen LogP contribution is 2.39. The van der Waals surface area contributed by atoms with Gasteiger partial charge in [0.15, 0.2) is 0 Å². The first-order valence-corrected chi connectivity index (χ1v) is 5.22. The minimum absolute atomic E-state index is 0.370. The number of thiophene rings is 1. The predicted octanol–water partition coefficient (Wildman–Crippen LogP) is 2.11. The highest BCUT2D eigenvalue weighted by Gasteiger charge is 2.12. The van der Waals surface area contributed by atoms with E-state index in [-0.39, 0.29) is 5.97 Å². The lowest BCUT2D eigenvalue weighted by atomic mass is 10.2. The molecule has 5 heteroatoms. The van der Waals surface area contributed by atoms with E-state index in [1.54, 1.807) is 6.20 Å². The van der Waals surface area contributed by atoms with Crippen molar-refractivity contribution in [2.45, 2.75) is 13.8 Å². The van der Waals surface area contributed by atoms with Crippen LogP contribution in [0.2, 0.25) is 0 Å².